The van der Waals surface area contributed by atoms with E-state index < -0.39 is 12.0 Å². The molecule has 16 heavy (non-hydrogen) atoms. The third-order valence-corrected chi connectivity index (χ3v) is 2.36. The Morgan fingerprint density at radius 3 is 3.00 bits per heavy atom. The highest BCUT2D eigenvalue weighted by molar-refractivity contribution is 5.76. The van der Waals surface area contributed by atoms with E-state index in [1.807, 2.05) is 0 Å². The Kier molecular flexibility index (Phi) is 2.39. The Labute approximate surface area is 90.5 Å². The topological polar surface area (TPSA) is 96.5 Å². The molecule has 84 valence electrons. The molecule has 0 fully saturated rings. The number of carboxylic acids is 1. The largest absolute Gasteiger partial charge is 0.480 e. The minimum Gasteiger partial charge on any atom is -0.480 e. The first-order chi connectivity index (χ1) is 7.59. The number of nitrogens with zero attached hydrogens (tertiary/aromatic N) is 6. The Hall–Kier alpha value is -2.25. The molecular formula is C8H10N6O2. The van der Waals surface area contributed by atoms with Crippen LogP contribution in [0.5, 0.6) is 0 Å². The van der Waals surface area contributed by atoms with E-state index in [0.717, 1.165) is 0 Å². The average molecular weight is 222 g/mol. The van der Waals surface area contributed by atoms with Crippen molar-refractivity contribution in [3.05, 3.63) is 12.1 Å². The van der Waals surface area contributed by atoms with Crippen molar-refractivity contribution in [2.24, 2.45) is 0 Å². The molecule has 1 atom stereocenters. The molecule has 0 radical (unpaired) electrons. The van der Waals surface area contributed by atoms with E-state index in [9.17, 15) is 4.79 Å². The summed E-state index contributed by atoms with van der Waals surface area (Å²) >= 11 is 0. The smallest absolute Gasteiger partial charge is 0.326 e. The van der Waals surface area contributed by atoms with E-state index in [1.165, 1.54) is 9.53 Å². The van der Waals surface area contributed by atoms with Gasteiger partial charge in [0, 0.05) is 7.05 Å². The minimum absolute atomic E-state index is 0.495. The van der Waals surface area contributed by atoms with E-state index in [0.29, 0.717) is 11.5 Å². The normalized spacial score (nSPS) is 12.6. The van der Waals surface area contributed by atoms with Crippen LogP contribution in [0.1, 0.15) is 6.92 Å². The number of aliphatic carboxylic acids is 1. The molecule has 1 unspecified atom stereocenters. The Morgan fingerprint density at radius 1 is 1.56 bits per heavy atom. The van der Waals surface area contributed by atoms with Crippen molar-refractivity contribution in [2.75, 3.05) is 11.9 Å². The summed E-state index contributed by atoms with van der Waals surface area (Å²) in [7, 11) is 1.65. The van der Waals surface area contributed by atoms with Crippen LogP contribution in [0.15, 0.2) is 12.1 Å². The van der Waals surface area contributed by atoms with E-state index in [-0.39, 0.29) is 0 Å². The van der Waals surface area contributed by atoms with E-state index in [1.54, 1.807) is 26.1 Å². The van der Waals surface area contributed by atoms with Crippen LogP contribution in [0.4, 0.5) is 5.82 Å². The zero-order chi connectivity index (χ0) is 11.7. The maximum Gasteiger partial charge on any atom is 0.326 e. The van der Waals surface area contributed by atoms with Crippen LogP contribution in [0.3, 0.4) is 0 Å². The third-order valence-electron chi connectivity index (χ3n) is 2.36. The maximum absolute atomic E-state index is 10.8. The molecule has 0 spiro atoms. The molecule has 2 heterocycles. The summed E-state index contributed by atoms with van der Waals surface area (Å²) in [6, 6.07) is 2.68. The molecule has 0 aliphatic carbocycles. The van der Waals surface area contributed by atoms with Gasteiger partial charge in [0.15, 0.2) is 11.5 Å². The van der Waals surface area contributed by atoms with Gasteiger partial charge >= 0.3 is 5.97 Å². The Morgan fingerprint density at radius 2 is 2.31 bits per heavy atom. The van der Waals surface area contributed by atoms with Crippen molar-refractivity contribution in [1.82, 2.24) is 25.3 Å². The Bertz CT molecular complexity index is 524. The summed E-state index contributed by atoms with van der Waals surface area (Å²) in [5.41, 5.74) is 0.514. The zero-order valence-corrected chi connectivity index (χ0v) is 8.77. The zero-order valence-electron chi connectivity index (χ0n) is 8.77. The molecule has 0 amide bonds. The van der Waals surface area contributed by atoms with Gasteiger partial charge in [0.05, 0.1) is 0 Å². The highest BCUT2D eigenvalue weighted by Gasteiger charge is 2.18. The second-order valence-electron chi connectivity index (χ2n) is 3.34. The van der Waals surface area contributed by atoms with Crippen molar-refractivity contribution in [2.45, 2.75) is 13.0 Å². The van der Waals surface area contributed by atoms with Crippen molar-refractivity contribution in [1.29, 1.82) is 0 Å². The SMILES string of the molecule is CC(C(=O)O)N(C)c1ccc2nnnn2n1. The number of aromatic nitrogens is 5. The highest BCUT2D eigenvalue weighted by atomic mass is 16.4. The van der Waals surface area contributed by atoms with Crippen molar-refractivity contribution >= 4 is 17.4 Å². The number of carbonyl (C=O) groups is 1. The second kappa shape index (κ2) is 3.72. The molecule has 8 heteroatoms. The van der Waals surface area contributed by atoms with Gasteiger partial charge in [-0.15, -0.1) is 14.8 Å². The van der Waals surface area contributed by atoms with Crippen molar-refractivity contribution in [3.63, 3.8) is 0 Å². The second-order valence-corrected chi connectivity index (χ2v) is 3.34. The number of hydrogen-bond acceptors (Lipinski definition) is 6. The number of tetrazole rings is 1. The van der Waals surface area contributed by atoms with Gasteiger partial charge in [-0.1, -0.05) is 0 Å². The van der Waals surface area contributed by atoms with Crippen molar-refractivity contribution < 1.29 is 9.90 Å². The van der Waals surface area contributed by atoms with Gasteiger partial charge in [0.25, 0.3) is 0 Å². The van der Waals surface area contributed by atoms with Crippen LogP contribution >= 0.6 is 0 Å². The predicted molar refractivity (Wildman–Crippen MR) is 54.1 cm³/mol. The first kappa shape index (κ1) is 10.3. The van der Waals surface area contributed by atoms with Crippen LogP contribution in [-0.2, 0) is 4.79 Å². The number of fused-ring (bicyclic) bond motifs is 1. The van der Waals surface area contributed by atoms with Gasteiger partial charge in [-0.2, -0.15) is 0 Å². The lowest BCUT2D eigenvalue weighted by Gasteiger charge is -2.21. The lowest BCUT2D eigenvalue weighted by molar-refractivity contribution is -0.138. The van der Waals surface area contributed by atoms with Gasteiger partial charge < -0.3 is 10.0 Å². The quantitative estimate of drug-likeness (QED) is 0.742. The van der Waals surface area contributed by atoms with Crippen LogP contribution < -0.4 is 4.90 Å². The van der Waals surface area contributed by atoms with Gasteiger partial charge in [-0.3, -0.25) is 0 Å². The van der Waals surface area contributed by atoms with Gasteiger partial charge in [-0.05, 0) is 29.5 Å². The number of hydrogen-bond donors (Lipinski definition) is 1. The molecule has 2 aromatic heterocycles. The molecule has 0 aromatic carbocycles. The lowest BCUT2D eigenvalue weighted by atomic mass is 10.3. The first-order valence-corrected chi connectivity index (χ1v) is 4.60. The maximum atomic E-state index is 10.8. The standard InChI is InChI=1S/C8H10N6O2/c1-5(8(15)16)13(2)7-4-3-6-9-11-12-14(6)10-7/h3-5H,1-2H3,(H,15,16). The van der Waals surface area contributed by atoms with Gasteiger partial charge in [-0.25, -0.2) is 4.79 Å². The summed E-state index contributed by atoms with van der Waals surface area (Å²) in [6.45, 7) is 1.58. The fraction of sp³-hybridized carbons (Fsp3) is 0.375. The van der Waals surface area contributed by atoms with Crippen LogP contribution in [0, 0.1) is 0 Å². The monoisotopic (exact) mass is 222 g/mol. The molecule has 8 nitrogen and oxygen atoms in total. The summed E-state index contributed by atoms with van der Waals surface area (Å²) in [5, 5.41) is 23.7. The summed E-state index contributed by atoms with van der Waals surface area (Å²) in [4.78, 5) is 12.3. The van der Waals surface area contributed by atoms with E-state index in [4.69, 9.17) is 5.11 Å². The minimum atomic E-state index is -0.916. The van der Waals surface area contributed by atoms with Gasteiger partial charge in [0.1, 0.15) is 6.04 Å². The molecule has 0 aliphatic heterocycles. The molecule has 0 saturated heterocycles. The number of carboxylic acid groups (broad SMARTS) is 1. The molecular weight excluding hydrogens is 212 g/mol. The fourth-order valence-corrected chi connectivity index (χ4v) is 1.19. The van der Waals surface area contributed by atoms with Gasteiger partial charge in [0.2, 0.25) is 0 Å². The molecule has 1 N–H and O–H groups in total. The molecule has 0 saturated carbocycles. The first-order valence-electron chi connectivity index (χ1n) is 4.60. The van der Waals surface area contributed by atoms with Crippen LogP contribution in [0.25, 0.3) is 5.65 Å². The number of likely N-dealkylation sites (N-methyl/N-ethyl adjacent to an activating group) is 1. The molecule has 0 bridgehead atoms. The highest BCUT2D eigenvalue weighted by Crippen LogP contribution is 2.11. The van der Waals surface area contributed by atoms with E-state index >= 15 is 0 Å². The number of rotatable bonds is 3. The van der Waals surface area contributed by atoms with E-state index in [2.05, 4.69) is 20.6 Å². The van der Waals surface area contributed by atoms with Crippen LogP contribution in [0.2, 0.25) is 0 Å². The average Bonchev–Trinajstić information content (AvgIpc) is 2.73. The Balaban J connectivity index is 2.35. The third kappa shape index (κ3) is 1.64. The molecule has 2 rings (SSSR count). The van der Waals surface area contributed by atoms with Crippen molar-refractivity contribution in [3.8, 4) is 0 Å². The summed E-state index contributed by atoms with van der Waals surface area (Å²) < 4.78 is 1.25. The summed E-state index contributed by atoms with van der Waals surface area (Å²) in [5.74, 6) is -0.421. The van der Waals surface area contributed by atoms with Crippen LogP contribution in [-0.4, -0.2) is 49.4 Å². The fourth-order valence-electron chi connectivity index (χ4n) is 1.19. The number of anilines is 1. The molecule has 2 aromatic rings. The lowest BCUT2D eigenvalue weighted by Crippen LogP contribution is -2.36. The predicted octanol–water partition coefficient (Wildman–Crippen LogP) is -0.571. The summed E-state index contributed by atoms with van der Waals surface area (Å²) in [6.07, 6.45) is 0. The molecule has 0 aliphatic rings.